The fourth-order valence-corrected chi connectivity index (χ4v) is 1.50. The van der Waals surface area contributed by atoms with E-state index in [2.05, 4.69) is 9.98 Å². The highest BCUT2D eigenvalue weighted by Crippen LogP contribution is 1.96. The number of guanidine groups is 1. The van der Waals surface area contributed by atoms with Crippen molar-refractivity contribution in [2.75, 3.05) is 34.7 Å². The van der Waals surface area contributed by atoms with E-state index in [4.69, 9.17) is 0 Å². The first-order chi connectivity index (χ1) is 7.61. The largest absolute Gasteiger partial charge is 0.349 e. The number of aromatic nitrogens is 1. The average Bonchev–Trinajstić information content (AvgIpc) is 2.24. The van der Waals surface area contributed by atoms with Crippen molar-refractivity contribution in [3.63, 3.8) is 0 Å². The summed E-state index contributed by atoms with van der Waals surface area (Å²) in [6.45, 7) is 0.767. The van der Waals surface area contributed by atoms with Crippen molar-refractivity contribution in [2.24, 2.45) is 4.99 Å². The van der Waals surface area contributed by atoms with Crippen LogP contribution in [0.2, 0.25) is 0 Å². The lowest BCUT2D eigenvalue weighted by molar-refractivity contribution is 0.479. The van der Waals surface area contributed by atoms with Crippen LogP contribution < -0.4 is 0 Å². The molecule has 0 saturated heterocycles. The second-order valence-electron chi connectivity index (χ2n) is 4.04. The lowest BCUT2D eigenvalue weighted by Gasteiger charge is -2.22. The predicted molar refractivity (Wildman–Crippen MR) is 83.0 cm³/mol. The second-order valence-corrected chi connectivity index (χ2v) is 4.04. The SMILES string of the molecule is CN(C)C(=NCCc1ccccn1)N(C)C.I. The highest BCUT2D eigenvalue weighted by molar-refractivity contribution is 14.0. The van der Waals surface area contributed by atoms with Gasteiger partial charge in [-0.05, 0) is 12.1 Å². The van der Waals surface area contributed by atoms with Crippen LogP contribution in [0.3, 0.4) is 0 Å². The molecule has 0 bridgehead atoms. The van der Waals surface area contributed by atoms with Crippen molar-refractivity contribution in [1.29, 1.82) is 0 Å². The fourth-order valence-electron chi connectivity index (χ4n) is 1.50. The molecule has 0 fully saturated rings. The van der Waals surface area contributed by atoms with E-state index in [9.17, 15) is 0 Å². The van der Waals surface area contributed by atoms with Gasteiger partial charge in [-0.3, -0.25) is 9.98 Å². The molecular weight excluding hydrogens is 327 g/mol. The Bertz CT molecular complexity index is 326. The van der Waals surface area contributed by atoms with Crippen LogP contribution in [0, 0.1) is 0 Å². The third kappa shape index (κ3) is 5.86. The van der Waals surface area contributed by atoms with Gasteiger partial charge in [-0.2, -0.15) is 0 Å². The van der Waals surface area contributed by atoms with Gasteiger partial charge in [-0.15, -0.1) is 24.0 Å². The van der Waals surface area contributed by atoms with E-state index >= 15 is 0 Å². The Morgan fingerprint density at radius 2 is 1.82 bits per heavy atom. The number of hydrogen-bond donors (Lipinski definition) is 0. The van der Waals surface area contributed by atoms with Crippen LogP contribution in [0.1, 0.15) is 5.69 Å². The highest BCUT2D eigenvalue weighted by atomic mass is 127. The molecule has 0 amide bonds. The topological polar surface area (TPSA) is 31.7 Å². The molecule has 0 unspecified atom stereocenters. The molecule has 0 N–H and O–H groups in total. The number of pyridine rings is 1. The third-order valence-corrected chi connectivity index (χ3v) is 2.15. The van der Waals surface area contributed by atoms with E-state index in [0.29, 0.717) is 0 Å². The Balaban J connectivity index is 0.00000256. The van der Waals surface area contributed by atoms with Gasteiger partial charge < -0.3 is 9.80 Å². The standard InChI is InChI=1S/C12H20N4.HI/c1-15(2)12(16(3)4)14-10-8-11-7-5-6-9-13-11;/h5-7,9H,8,10H2,1-4H3;1H. The smallest absolute Gasteiger partial charge is 0.195 e. The van der Waals surface area contributed by atoms with Gasteiger partial charge in [0.25, 0.3) is 0 Å². The van der Waals surface area contributed by atoms with Crippen LogP contribution in [0.25, 0.3) is 0 Å². The molecule has 1 aromatic heterocycles. The van der Waals surface area contributed by atoms with Crippen LogP contribution in [-0.4, -0.2) is 55.5 Å². The van der Waals surface area contributed by atoms with Gasteiger partial charge in [0.2, 0.25) is 0 Å². The minimum absolute atomic E-state index is 0. The first-order valence-corrected chi connectivity index (χ1v) is 5.40. The van der Waals surface area contributed by atoms with Gasteiger partial charge in [-0.25, -0.2) is 0 Å². The Hall–Kier alpha value is -0.850. The van der Waals surface area contributed by atoms with Gasteiger partial charge in [0.1, 0.15) is 0 Å². The Labute approximate surface area is 121 Å². The van der Waals surface area contributed by atoms with Crippen LogP contribution in [0.15, 0.2) is 29.4 Å². The molecule has 0 saturated carbocycles. The third-order valence-electron chi connectivity index (χ3n) is 2.15. The first kappa shape index (κ1) is 16.1. The zero-order valence-corrected chi connectivity index (χ0v) is 13.3. The van der Waals surface area contributed by atoms with Crippen LogP contribution in [0.5, 0.6) is 0 Å². The molecule has 0 aliphatic carbocycles. The maximum Gasteiger partial charge on any atom is 0.195 e. The molecule has 5 heteroatoms. The van der Waals surface area contributed by atoms with Crippen molar-refractivity contribution in [3.05, 3.63) is 30.1 Å². The summed E-state index contributed by atoms with van der Waals surface area (Å²) in [6, 6.07) is 5.96. The Morgan fingerprint density at radius 1 is 1.18 bits per heavy atom. The molecule has 0 aromatic carbocycles. The number of hydrogen-bond acceptors (Lipinski definition) is 2. The summed E-state index contributed by atoms with van der Waals surface area (Å²) in [6.07, 6.45) is 2.70. The Morgan fingerprint density at radius 3 is 2.29 bits per heavy atom. The molecule has 0 aliphatic heterocycles. The normalized spacial score (nSPS) is 9.18. The zero-order chi connectivity index (χ0) is 12.0. The fraction of sp³-hybridized carbons (Fsp3) is 0.500. The van der Waals surface area contributed by atoms with Gasteiger partial charge in [-0.1, -0.05) is 6.07 Å². The van der Waals surface area contributed by atoms with Gasteiger partial charge in [0.15, 0.2) is 5.96 Å². The molecule has 96 valence electrons. The van der Waals surface area contributed by atoms with Crippen molar-refractivity contribution >= 4 is 29.9 Å². The number of rotatable bonds is 3. The minimum Gasteiger partial charge on any atom is -0.349 e. The van der Waals surface area contributed by atoms with Crippen LogP contribution in [0.4, 0.5) is 0 Å². The molecule has 4 nitrogen and oxygen atoms in total. The lowest BCUT2D eigenvalue weighted by atomic mass is 10.3. The summed E-state index contributed by atoms with van der Waals surface area (Å²) in [5, 5.41) is 0. The molecular formula is C12H21IN4. The van der Waals surface area contributed by atoms with E-state index in [-0.39, 0.29) is 24.0 Å². The van der Waals surface area contributed by atoms with Crippen molar-refractivity contribution in [2.45, 2.75) is 6.42 Å². The average molecular weight is 348 g/mol. The molecule has 0 atom stereocenters. The summed E-state index contributed by atoms with van der Waals surface area (Å²) in [5.41, 5.74) is 1.09. The molecule has 0 aliphatic rings. The van der Waals surface area contributed by atoms with Gasteiger partial charge >= 0.3 is 0 Å². The highest BCUT2D eigenvalue weighted by Gasteiger charge is 2.03. The van der Waals surface area contributed by atoms with Gasteiger partial charge in [0.05, 0.1) is 0 Å². The van der Waals surface area contributed by atoms with Crippen LogP contribution in [-0.2, 0) is 6.42 Å². The zero-order valence-electron chi connectivity index (χ0n) is 10.9. The number of aliphatic imine (C=N–C) groups is 1. The molecule has 1 rings (SSSR count). The monoisotopic (exact) mass is 348 g/mol. The molecule has 1 aromatic rings. The lowest BCUT2D eigenvalue weighted by Crippen LogP contribution is -2.35. The minimum atomic E-state index is 0. The van der Waals surface area contributed by atoms with E-state index in [0.717, 1.165) is 24.6 Å². The maximum atomic E-state index is 4.55. The van der Waals surface area contributed by atoms with Gasteiger partial charge in [0, 0.05) is 53.0 Å². The van der Waals surface area contributed by atoms with E-state index in [1.807, 2.05) is 62.4 Å². The number of nitrogens with zero attached hydrogens (tertiary/aromatic N) is 4. The predicted octanol–water partition coefficient (Wildman–Crippen LogP) is 1.72. The second kappa shape index (κ2) is 8.27. The van der Waals surface area contributed by atoms with E-state index in [1.54, 1.807) is 0 Å². The van der Waals surface area contributed by atoms with Crippen molar-refractivity contribution in [3.8, 4) is 0 Å². The quantitative estimate of drug-likeness (QED) is 0.474. The summed E-state index contributed by atoms with van der Waals surface area (Å²) < 4.78 is 0. The first-order valence-electron chi connectivity index (χ1n) is 5.40. The van der Waals surface area contributed by atoms with E-state index < -0.39 is 0 Å². The van der Waals surface area contributed by atoms with Crippen LogP contribution >= 0.6 is 24.0 Å². The summed E-state index contributed by atoms with van der Waals surface area (Å²) in [5.74, 6) is 0.982. The summed E-state index contributed by atoms with van der Waals surface area (Å²) >= 11 is 0. The summed E-state index contributed by atoms with van der Waals surface area (Å²) in [4.78, 5) is 12.8. The Kier molecular flexibility index (Phi) is 7.86. The number of halogens is 1. The molecule has 17 heavy (non-hydrogen) atoms. The van der Waals surface area contributed by atoms with Crippen molar-refractivity contribution < 1.29 is 0 Å². The molecule has 1 heterocycles. The molecule has 0 radical (unpaired) electrons. The maximum absolute atomic E-state index is 4.55. The van der Waals surface area contributed by atoms with Crippen molar-refractivity contribution in [1.82, 2.24) is 14.8 Å². The summed E-state index contributed by atoms with van der Waals surface area (Å²) in [7, 11) is 8.00. The van der Waals surface area contributed by atoms with E-state index in [1.165, 1.54) is 0 Å². The molecule has 0 spiro atoms.